The van der Waals surface area contributed by atoms with E-state index in [9.17, 15) is 21.6 Å². The van der Waals surface area contributed by atoms with Crippen molar-refractivity contribution in [3.05, 3.63) is 41.6 Å². The van der Waals surface area contributed by atoms with Gasteiger partial charge in [0.05, 0.1) is 5.69 Å². The van der Waals surface area contributed by atoms with Gasteiger partial charge in [-0.05, 0) is 18.2 Å². The van der Waals surface area contributed by atoms with Crippen LogP contribution in [0, 0.1) is 12.3 Å². The maximum Gasteiger partial charge on any atom is 0.433 e. The van der Waals surface area contributed by atoms with Crippen LogP contribution in [0.15, 0.2) is 35.5 Å². The van der Waals surface area contributed by atoms with Crippen LogP contribution in [0.3, 0.4) is 0 Å². The number of hydrogen-bond donors (Lipinski definition) is 0. The second-order valence-electron chi connectivity index (χ2n) is 4.41. The first-order valence-corrected chi connectivity index (χ1v) is 7.74. The van der Waals surface area contributed by atoms with Crippen LogP contribution in [-0.4, -0.2) is 24.6 Å². The Morgan fingerprint density at radius 3 is 2.18 bits per heavy atom. The van der Waals surface area contributed by atoms with E-state index in [0.717, 1.165) is 6.26 Å². The molecule has 0 bridgehead atoms. The maximum absolute atomic E-state index is 12.9. The minimum Gasteiger partial charge on any atom is -0.221 e. The zero-order valence-corrected chi connectivity index (χ0v) is 12.0. The van der Waals surface area contributed by atoms with E-state index in [-0.39, 0.29) is 5.69 Å². The first-order chi connectivity index (χ1) is 10.1. The van der Waals surface area contributed by atoms with Crippen molar-refractivity contribution in [3.8, 4) is 23.6 Å². The summed E-state index contributed by atoms with van der Waals surface area (Å²) in [5, 5.41) is -0.877. The maximum atomic E-state index is 12.9. The molecule has 0 atom stereocenters. The summed E-state index contributed by atoms with van der Waals surface area (Å²) in [4.78, 5) is 6.77. The molecular weight excluding hydrogens is 317 g/mol. The Morgan fingerprint density at radius 1 is 1.14 bits per heavy atom. The van der Waals surface area contributed by atoms with Gasteiger partial charge in [0.2, 0.25) is 15.0 Å². The van der Waals surface area contributed by atoms with Crippen LogP contribution < -0.4 is 0 Å². The van der Waals surface area contributed by atoms with Crippen LogP contribution in [-0.2, 0) is 16.0 Å². The second-order valence-corrected chi connectivity index (χ2v) is 6.32. The fourth-order valence-electron chi connectivity index (χ4n) is 1.62. The number of alkyl halides is 3. The minimum absolute atomic E-state index is 0.147. The quantitative estimate of drug-likeness (QED) is 0.628. The predicted molar refractivity (Wildman–Crippen MR) is 73.5 cm³/mol. The number of benzene rings is 1. The SMILES string of the molecule is C#Cc1ccc(-c2cc(C(F)(F)F)nc(S(C)(=O)=O)n2)cc1. The highest BCUT2D eigenvalue weighted by Gasteiger charge is 2.34. The Hall–Kier alpha value is -2.40. The van der Waals surface area contributed by atoms with Crippen molar-refractivity contribution in [3.63, 3.8) is 0 Å². The number of halogens is 3. The average molecular weight is 326 g/mol. The lowest BCUT2D eigenvalue weighted by Crippen LogP contribution is -2.14. The molecule has 0 saturated heterocycles. The normalized spacial score (nSPS) is 12.0. The summed E-state index contributed by atoms with van der Waals surface area (Å²) >= 11 is 0. The Bertz CT molecular complexity index is 851. The van der Waals surface area contributed by atoms with Gasteiger partial charge in [0, 0.05) is 17.4 Å². The molecule has 0 spiro atoms. The van der Waals surface area contributed by atoms with Gasteiger partial charge in [0.25, 0.3) is 0 Å². The highest BCUT2D eigenvalue weighted by molar-refractivity contribution is 7.90. The third-order valence-electron chi connectivity index (χ3n) is 2.68. The molecule has 22 heavy (non-hydrogen) atoms. The third kappa shape index (κ3) is 3.43. The van der Waals surface area contributed by atoms with Crippen LogP contribution in [0.1, 0.15) is 11.3 Å². The Kier molecular flexibility index (Phi) is 3.94. The van der Waals surface area contributed by atoms with Gasteiger partial charge in [-0.25, -0.2) is 18.4 Å². The molecule has 1 heterocycles. The summed E-state index contributed by atoms with van der Waals surface area (Å²) in [5.74, 6) is 2.37. The van der Waals surface area contributed by atoms with E-state index < -0.39 is 26.9 Å². The summed E-state index contributed by atoms with van der Waals surface area (Å²) in [5.41, 5.74) is -0.626. The van der Waals surface area contributed by atoms with E-state index in [0.29, 0.717) is 17.2 Å². The number of rotatable bonds is 2. The van der Waals surface area contributed by atoms with Gasteiger partial charge < -0.3 is 0 Å². The Balaban J connectivity index is 2.67. The van der Waals surface area contributed by atoms with Gasteiger partial charge in [-0.3, -0.25) is 0 Å². The monoisotopic (exact) mass is 326 g/mol. The van der Waals surface area contributed by atoms with Gasteiger partial charge in [-0.2, -0.15) is 13.2 Å². The van der Waals surface area contributed by atoms with E-state index in [1.54, 1.807) is 0 Å². The summed E-state index contributed by atoms with van der Waals surface area (Å²) in [6, 6.07) is 6.66. The standard InChI is InChI=1S/C14H9F3N2O2S/c1-3-9-4-6-10(7-5-9)11-8-12(14(15,16)17)19-13(18-11)22(2,20)21/h1,4-8H,2H3. The van der Waals surface area contributed by atoms with Crippen LogP contribution in [0.25, 0.3) is 11.3 Å². The second kappa shape index (κ2) is 5.42. The molecule has 1 aromatic heterocycles. The number of nitrogens with zero attached hydrogens (tertiary/aromatic N) is 2. The smallest absolute Gasteiger partial charge is 0.221 e. The molecule has 0 saturated carbocycles. The summed E-state index contributed by atoms with van der Waals surface area (Å²) in [6.45, 7) is 0. The predicted octanol–water partition coefficient (Wildman–Crippen LogP) is 2.55. The fraction of sp³-hybridized carbons (Fsp3) is 0.143. The molecule has 0 aliphatic rings. The van der Waals surface area contributed by atoms with Gasteiger partial charge >= 0.3 is 6.18 Å². The number of aromatic nitrogens is 2. The Labute approximate surface area is 125 Å². The largest absolute Gasteiger partial charge is 0.433 e. The van der Waals surface area contributed by atoms with E-state index in [1.165, 1.54) is 24.3 Å². The molecule has 2 aromatic rings. The average Bonchev–Trinajstić information content (AvgIpc) is 2.45. The highest BCUT2D eigenvalue weighted by atomic mass is 32.2. The van der Waals surface area contributed by atoms with Crippen LogP contribution in [0.2, 0.25) is 0 Å². The molecule has 0 radical (unpaired) electrons. The van der Waals surface area contributed by atoms with Gasteiger partial charge in [-0.1, -0.05) is 18.1 Å². The van der Waals surface area contributed by atoms with Gasteiger partial charge in [0.1, 0.15) is 5.69 Å². The molecule has 8 heteroatoms. The molecule has 4 nitrogen and oxygen atoms in total. The van der Waals surface area contributed by atoms with Crippen molar-refractivity contribution in [2.45, 2.75) is 11.3 Å². The molecule has 114 valence electrons. The molecule has 0 N–H and O–H groups in total. The number of hydrogen-bond acceptors (Lipinski definition) is 4. The molecule has 0 aliphatic heterocycles. The fourth-order valence-corrected chi connectivity index (χ4v) is 2.15. The number of sulfone groups is 1. The lowest BCUT2D eigenvalue weighted by molar-refractivity contribution is -0.141. The van der Waals surface area contributed by atoms with Crippen LogP contribution >= 0.6 is 0 Å². The molecule has 2 rings (SSSR count). The van der Waals surface area contributed by atoms with Crippen LogP contribution in [0.4, 0.5) is 13.2 Å². The molecule has 0 fully saturated rings. The number of terminal acetylenes is 1. The third-order valence-corrected chi connectivity index (χ3v) is 3.52. The van der Waals surface area contributed by atoms with Crippen molar-refractivity contribution < 1.29 is 21.6 Å². The van der Waals surface area contributed by atoms with Gasteiger partial charge in [-0.15, -0.1) is 6.42 Å². The van der Waals surface area contributed by atoms with E-state index in [1.807, 2.05) is 0 Å². The van der Waals surface area contributed by atoms with E-state index in [2.05, 4.69) is 15.9 Å². The summed E-state index contributed by atoms with van der Waals surface area (Å²) in [6.07, 6.45) is 1.16. The van der Waals surface area contributed by atoms with Crippen molar-refractivity contribution >= 4 is 9.84 Å². The zero-order chi connectivity index (χ0) is 16.5. The van der Waals surface area contributed by atoms with E-state index >= 15 is 0 Å². The lowest BCUT2D eigenvalue weighted by Gasteiger charge is -2.10. The first-order valence-electron chi connectivity index (χ1n) is 5.84. The summed E-state index contributed by atoms with van der Waals surface area (Å²) in [7, 11) is -3.98. The first kappa shape index (κ1) is 16.0. The van der Waals surface area contributed by atoms with Gasteiger partial charge in [0.15, 0.2) is 0 Å². The van der Waals surface area contributed by atoms with Crippen molar-refractivity contribution in [1.82, 2.24) is 9.97 Å². The van der Waals surface area contributed by atoms with E-state index in [4.69, 9.17) is 6.42 Å². The summed E-state index contributed by atoms with van der Waals surface area (Å²) < 4.78 is 61.5. The zero-order valence-electron chi connectivity index (χ0n) is 11.2. The Morgan fingerprint density at radius 2 is 1.73 bits per heavy atom. The minimum atomic E-state index is -4.78. The van der Waals surface area contributed by atoms with Crippen molar-refractivity contribution in [2.75, 3.05) is 6.26 Å². The molecule has 0 amide bonds. The van der Waals surface area contributed by atoms with Crippen molar-refractivity contribution in [2.24, 2.45) is 0 Å². The molecule has 1 aromatic carbocycles. The lowest BCUT2D eigenvalue weighted by atomic mass is 10.1. The molecule has 0 aliphatic carbocycles. The topological polar surface area (TPSA) is 59.9 Å². The molecular formula is C14H9F3N2O2S. The highest BCUT2D eigenvalue weighted by Crippen LogP contribution is 2.31. The van der Waals surface area contributed by atoms with Crippen molar-refractivity contribution in [1.29, 1.82) is 0 Å². The molecule has 0 unspecified atom stereocenters. The van der Waals surface area contributed by atoms with Crippen LogP contribution in [0.5, 0.6) is 0 Å².